The van der Waals surface area contributed by atoms with Crippen LogP contribution in [0.2, 0.25) is 0 Å². The third-order valence-corrected chi connectivity index (χ3v) is 3.88. The highest BCUT2D eigenvalue weighted by atomic mass is 16.3. The van der Waals surface area contributed by atoms with E-state index in [4.69, 9.17) is 0 Å². The normalized spacial score (nSPS) is 20.7. The van der Waals surface area contributed by atoms with Crippen molar-refractivity contribution in [2.24, 2.45) is 5.92 Å². The highest BCUT2D eigenvalue weighted by molar-refractivity contribution is 5.40. The van der Waals surface area contributed by atoms with Gasteiger partial charge in [0.1, 0.15) is 5.75 Å². The number of rotatable bonds is 3. The van der Waals surface area contributed by atoms with Crippen molar-refractivity contribution in [3.8, 4) is 5.75 Å². The zero-order chi connectivity index (χ0) is 13.4. The summed E-state index contributed by atoms with van der Waals surface area (Å²) >= 11 is 0. The summed E-state index contributed by atoms with van der Waals surface area (Å²) in [6.45, 7) is 6.80. The van der Waals surface area contributed by atoms with E-state index in [0.29, 0.717) is 12.0 Å². The third-order valence-electron chi connectivity index (χ3n) is 3.88. The van der Waals surface area contributed by atoms with Crippen LogP contribution in [0, 0.1) is 5.92 Å². The van der Waals surface area contributed by atoms with Gasteiger partial charge in [-0.15, -0.1) is 0 Å². The number of nitrogens with zero attached hydrogens (tertiary/aromatic N) is 4. The lowest BCUT2D eigenvalue weighted by molar-refractivity contribution is 0.264. The first-order valence-corrected chi connectivity index (χ1v) is 6.90. The van der Waals surface area contributed by atoms with Gasteiger partial charge in [0, 0.05) is 19.0 Å². The summed E-state index contributed by atoms with van der Waals surface area (Å²) in [7, 11) is 0. The van der Waals surface area contributed by atoms with Gasteiger partial charge in [-0.3, -0.25) is 0 Å². The van der Waals surface area contributed by atoms with Gasteiger partial charge in [-0.1, -0.05) is 0 Å². The fourth-order valence-corrected chi connectivity index (χ4v) is 2.76. The van der Waals surface area contributed by atoms with E-state index in [0.717, 1.165) is 24.4 Å². The van der Waals surface area contributed by atoms with E-state index in [1.165, 1.54) is 13.0 Å². The molecule has 0 aliphatic carbocycles. The maximum Gasteiger partial charge on any atom is 0.155 e. The highest BCUT2D eigenvalue weighted by Crippen LogP contribution is 2.21. The summed E-state index contributed by atoms with van der Waals surface area (Å²) < 4.78 is 1.65. The molecule has 1 unspecified atom stereocenters. The quantitative estimate of drug-likeness (QED) is 0.912. The van der Waals surface area contributed by atoms with E-state index in [1.54, 1.807) is 22.8 Å². The second kappa shape index (κ2) is 4.81. The van der Waals surface area contributed by atoms with Crippen molar-refractivity contribution in [3.05, 3.63) is 24.2 Å². The minimum atomic E-state index is 0.218. The first kappa shape index (κ1) is 12.4. The van der Waals surface area contributed by atoms with Crippen LogP contribution in [0.4, 0.5) is 0 Å². The van der Waals surface area contributed by atoms with Gasteiger partial charge in [0.25, 0.3) is 0 Å². The lowest BCUT2D eigenvalue weighted by atomic mass is 10.1. The lowest BCUT2D eigenvalue weighted by Crippen LogP contribution is -2.28. The van der Waals surface area contributed by atoms with E-state index in [2.05, 4.69) is 28.8 Å². The van der Waals surface area contributed by atoms with Gasteiger partial charge in [-0.25, -0.2) is 9.50 Å². The number of hydrogen-bond donors (Lipinski definition) is 1. The molecule has 0 radical (unpaired) electrons. The Bertz CT molecular complexity index is 578. The maximum atomic E-state index is 9.42. The maximum absolute atomic E-state index is 9.42. The van der Waals surface area contributed by atoms with Gasteiger partial charge >= 0.3 is 0 Å². The Hall–Kier alpha value is -1.62. The predicted octanol–water partition coefficient (Wildman–Crippen LogP) is 1.71. The molecule has 5 heteroatoms. The van der Waals surface area contributed by atoms with E-state index in [1.807, 2.05) is 0 Å². The van der Waals surface area contributed by atoms with Crippen LogP contribution in [-0.4, -0.2) is 43.7 Å². The van der Waals surface area contributed by atoms with Crippen LogP contribution in [0.15, 0.2) is 18.3 Å². The van der Waals surface area contributed by atoms with Crippen LogP contribution >= 0.6 is 0 Å². The molecular formula is C14H20N4O. The molecule has 0 amide bonds. The van der Waals surface area contributed by atoms with Crippen LogP contribution in [0.25, 0.3) is 5.65 Å². The average molecular weight is 260 g/mol. The average Bonchev–Trinajstić information content (AvgIpc) is 2.95. The Kier molecular flexibility index (Phi) is 3.14. The Labute approximate surface area is 112 Å². The van der Waals surface area contributed by atoms with Crippen molar-refractivity contribution in [3.63, 3.8) is 0 Å². The summed E-state index contributed by atoms with van der Waals surface area (Å²) in [6.07, 6.45) is 3.74. The summed E-state index contributed by atoms with van der Waals surface area (Å²) in [5, 5.41) is 13.9. The van der Waals surface area contributed by atoms with Gasteiger partial charge < -0.3 is 10.0 Å². The fourth-order valence-electron chi connectivity index (χ4n) is 2.76. The zero-order valence-electron chi connectivity index (χ0n) is 11.5. The predicted molar refractivity (Wildman–Crippen MR) is 73.2 cm³/mol. The molecule has 1 atom stereocenters. The summed E-state index contributed by atoms with van der Waals surface area (Å²) in [4.78, 5) is 7.02. The molecule has 0 saturated carbocycles. The van der Waals surface area contributed by atoms with Gasteiger partial charge in [0.15, 0.2) is 11.5 Å². The number of aromatic hydroxyl groups is 1. The van der Waals surface area contributed by atoms with Gasteiger partial charge in [-0.2, -0.15) is 5.10 Å². The first-order valence-electron chi connectivity index (χ1n) is 6.90. The van der Waals surface area contributed by atoms with Crippen molar-refractivity contribution < 1.29 is 5.11 Å². The molecule has 1 saturated heterocycles. The molecular weight excluding hydrogens is 240 g/mol. The second-order valence-corrected chi connectivity index (χ2v) is 5.67. The minimum Gasteiger partial charge on any atom is -0.506 e. The molecule has 0 bridgehead atoms. The first-order chi connectivity index (χ1) is 9.11. The number of hydrogen-bond acceptors (Lipinski definition) is 4. The monoisotopic (exact) mass is 260 g/mol. The molecule has 2 aromatic rings. The molecule has 5 nitrogen and oxygen atoms in total. The van der Waals surface area contributed by atoms with Crippen LogP contribution in [0.5, 0.6) is 5.75 Å². The van der Waals surface area contributed by atoms with Gasteiger partial charge in [0.05, 0.1) is 6.20 Å². The highest BCUT2D eigenvalue weighted by Gasteiger charge is 2.25. The molecule has 2 aromatic heterocycles. The topological polar surface area (TPSA) is 53.7 Å². The van der Waals surface area contributed by atoms with E-state index in [9.17, 15) is 5.11 Å². The number of pyridine rings is 1. The van der Waals surface area contributed by atoms with Crippen molar-refractivity contribution in [1.29, 1.82) is 0 Å². The van der Waals surface area contributed by atoms with Crippen molar-refractivity contribution in [2.75, 3.05) is 13.1 Å². The zero-order valence-corrected chi connectivity index (χ0v) is 11.5. The smallest absolute Gasteiger partial charge is 0.155 e. The van der Waals surface area contributed by atoms with Crippen molar-refractivity contribution in [1.82, 2.24) is 19.5 Å². The summed E-state index contributed by atoms with van der Waals surface area (Å²) in [5.41, 5.74) is 0.798. The standard InChI is InChI=1S/C14H20N4O/c1-10(2)17-6-5-11(8-17)7-13-15-14-4-3-12(19)9-18(14)16-13/h3-4,9-11,19H,5-8H2,1-2H3. The summed E-state index contributed by atoms with van der Waals surface area (Å²) in [6, 6.07) is 4.06. The van der Waals surface area contributed by atoms with Gasteiger partial charge in [0.2, 0.25) is 0 Å². The van der Waals surface area contributed by atoms with E-state index in [-0.39, 0.29) is 5.75 Å². The van der Waals surface area contributed by atoms with Gasteiger partial charge in [-0.05, 0) is 44.9 Å². The second-order valence-electron chi connectivity index (χ2n) is 5.67. The Morgan fingerprint density at radius 3 is 3.00 bits per heavy atom. The van der Waals surface area contributed by atoms with E-state index >= 15 is 0 Å². The van der Waals surface area contributed by atoms with Crippen LogP contribution < -0.4 is 0 Å². The molecule has 102 valence electrons. The number of fused-ring (bicyclic) bond motifs is 1. The van der Waals surface area contributed by atoms with Crippen LogP contribution in [0.3, 0.4) is 0 Å². The molecule has 19 heavy (non-hydrogen) atoms. The number of likely N-dealkylation sites (tertiary alicyclic amines) is 1. The van der Waals surface area contributed by atoms with Crippen LogP contribution in [-0.2, 0) is 6.42 Å². The third kappa shape index (κ3) is 2.56. The lowest BCUT2D eigenvalue weighted by Gasteiger charge is -2.19. The minimum absolute atomic E-state index is 0.218. The van der Waals surface area contributed by atoms with Crippen molar-refractivity contribution in [2.45, 2.75) is 32.7 Å². The Balaban J connectivity index is 1.72. The summed E-state index contributed by atoms with van der Waals surface area (Å²) in [5.74, 6) is 1.74. The SMILES string of the molecule is CC(C)N1CCC(Cc2nc3ccc(O)cn3n2)C1. The molecule has 1 aliphatic rings. The molecule has 1 aliphatic heterocycles. The largest absolute Gasteiger partial charge is 0.506 e. The molecule has 3 heterocycles. The van der Waals surface area contributed by atoms with Crippen molar-refractivity contribution >= 4 is 5.65 Å². The Morgan fingerprint density at radius 1 is 1.42 bits per heavy atom. The molecule has 0 aromatic carbocycles. The Morgan fingerprint density at radius 2 is 2.26 bits per heavy atom. The van der Waals surface area contributed by atoms with Crippen LogP contribution in [0.1, 0.15) is 26.1 Å². The fraction of sp³-hybridized carbons (Fsp3) is 0.571. The molecule has 1 fully saturated rings. The molecule has 1 N–H and O–H groups in total. The van der Waals surface area contributed by atoms with E-state index < -0.39 is 0 Å². The molecule has 0 spiro atoms. The number of aromatic nitrogens is 3. The molecule has 3 rings (SSSR count).